The molecular weight excluding hydrogens is 248 g/mol. The molecule has 0 spiro atoms. The van der Waals surface area contributed by atoms with Crippen LogP contribution < -0.4 is 14.2 Å². The molecule has 0 heterocycles. The van der Waals surface area contributed by atoms with Gasteiger partial charge in [0.15, 0.2) is 17.8 Å². The molecule has 1 aromatic rings. The smallest absolute Gasteiger partial charge is 0.203 e. The van der Waals surface area contributed by atoms with Gasteiger partial charge in [-0.3, -0.25) is 0 Å². The van der Waals surface area contributed by atoms with Gasteiger partial charge in [-0.2, -0.15) is 0 Å². The van der Waals surface area contributed by atoms with Crippen molar-refractivity contribution in [1.82, 2.24) is 0 Å². The van der Waals surface area contributed by atoms with E-state index in [0.29, 0.717) is 37.1 Å². The van der Waals surface area contributed by atoms with Crippen LogP contribution in [0.15, 0.2) is 18.2 Å². The normalized spacial score (nSPS) is 10.6. The van der Waals surface area contributed by atoms with E-state index in [-0.39, 0.29) is 6.29 Å². The van der Waals surface area contributed by atoms with Crippen molar-refractivity contribution in [3.8, 4) is 17.2 Å². The minimum Gasteiger partial charge on any atom is -0.493 e. The fourth-order valence-corrected chi connectivity index (χ4v) is 1.65. The average Bonchev–Trinajstić information content (AvgIpc) is 2.44. The molecule has 0 bridgehead atoms. The summed E-state index contributed by atoms with van der Waals surface area (Å²) in [6.45, 7) is 5.27. The minimum atomic E-state index is -0.383. The monoisotopic (exact) mass is 270 g/mol. The molecule has 0 amide bonds. The highest BCUT2D eigenvalue weighted by atomic mass is 16.7. The van der Waals surface area contributed by atoms with Crippen molar-refractivity contribution in [2.75, 3.05) is 34.0 Å². The minimum absolute atomic E-state index is 0.297. The lowest BCUT2D eigenvalue weighted by Gasteiger charge is -2.19. The molecule has 1 aromatic carbocycles. The van der Waals surface area contributed by atoms with Crippen LogP contribution in [0.5, 0.6) is 17.2 Å². The van der Waals surface area contributed by atoms with Crippen molar-refractivity contribution in [2.45, 2.75) is 20.1 Å². The summed E-state index contributed by atoms with van der Waals surface area (Å²) >= 11 is 0. The molecule has 0 saturated carbocycles. The number of methoxy groups -OCH3 is 2. The van der Waals surface area contributed by atoms with Gasteiger partial charge in [-0.05, 0) is 26.0 Å². The predicted octanol–water partition coefficient (Wildman–Crippen LogP) is 2.48. The van der Waals surface area contributed by atoms with Gasteiger partial charge in [0.1, 0.15) is 6.61 Å². The van der Waals surface area contributed by atoms with Crippen LogP contribution in [0.25, 0.3) is 0 Å². The second-order valence-electron chi connectivity index (χ2n) is 3.64. The number of hydrogen-bond acceptors (Lipinski definition) is 5. The van der Waals surface area contributed by atoms with Crippen LogP contribution >= 0.6 is 0 Å². The summed E-state index contributed by atoms with van der Waals surface area (Å²) in [5.74, 6) is 1.80. The van der Waals surface area contributed by atoms with Crippen molar-refractivity contribution < 1.29 is 23.7 Å². The Bertz CT molecular complexity index is 361. The molecule has 0 radical (unpaired) electrons. The number of rotatable bonds is 9. The lowest BCUT2D eigenvalue weighted by molar-refractivity contribution is -0.152. The van der Waals surface area contributed by atoms with E-state index < -0.39 is 0 Å². The fraction of sp³-hybridized carbons (Fsp3) is 0.571. The Morgan fingerprint density at radius 1 is 0.947 bits per heavy atom. The van der Waals surface area contributed by atoms with Crippen molar-refractivity contribution in [1.29, 1.82) is 0 Å². The topological polar surface area (TPSA) is 46.2 Å². The maximum atomic E-state index is 5.68. The second-order valence-corrected chi connectivity index (χ2v) is 3.64. The zero-order chi connectivity index (χ0) is 14.1. The van der Waals surface area contributed by atoms with Crippen LogP contribution in [0, 0.1) is 0 Å². The second kappa shape index (κ2) is 8.61. The van der Waals surface area contributed by atoms with E-state index in [1.54, 1.807) is 14.2 Å². The van der Waals surface area contributed by atoms with Crippen LogP contribution in [0.3, 0.4) is 0 Å². The molecular formula is C14H22O5. The molecule has 0 fully saturated rings. The molecule has 0 N–H and O–H groups in total. The number of hydrogen-bond donors (Lipinski definition) is 0. The molecule has 5 heteroatoms. The molecule has 0 atom stereocenters. The fourth-order valence-electron chi connectivity index (χ4n) is 1.65. The van der Waals surface area contributed by atoms with Gasteiger partial charge in [0.2, 0.25) is 5.75 Å². The Morgan fingerprint density at radius 2 is 1.58 bits per heavy atom. The van der Waals surface area contributed by atoms with Gasteiger partial charge in [-0.15, -0.1) is 0 Å². The first kappa shape index (κ1) is 15.6. The summed E-state index contributed by atoms with van der Waals surface area (Å²) in [7, 11) is 3.16. The molecule has 0 saturated heterocycles. The van der Waals surface area contributed by atoms with E-state index in [2.05, 4.69) is 0 Å². The third-order valence-electron chi connectivity index (χ3n) is 2.45. The van der Waals surface area contributed by atoms with Crippen LogP contribution in [0.4, 0.5) is 0 Å². The molecule has 0 aromatic heterocycles. The lowest BCUT2D eigenvalue weighted by atomic mass is 10.3. The van der Waals surface area contributed by atoms with Gasteiger partial charge >= 0.3 is 0 Å². The third-order valence-corrected chi connectivity index (χ3v) is 2.45. The van der Waals surface area contributed by atoms with Gasteiger partial charge in [0.25, 0.3) is 0 Å². The molecule has 1 rings (SSSR count). The van der Waals surface area contributed by atoms with Crippen molar-refractivity contribution in [2.24, 2.45) is 0 Å². The summed E-state index contributed by atoms with van der Waals surface area (Å²) in [4.78, 5) is 0. The van der Waals surface area contributed by atoms with E-state index >= 15 is 0 Å². The summed E-state index contributed by atoms with van der Waals surface area (Å²) < 4.78 is 27.0. The van der Waals surface area contributed by atoms with Gasteiger partial charge in [0.05, 0.1) is 14.2 Å². The van der Waals surface area contributed by atoms with Crippen molar-refractivity contribution in [3.63, 3.8) is 0 Å². The van der Waals surface area contributed by atoms with Crippen molar-refractivity contribution >= 4 is 0 Å². The number of benzene rings is 1. The highest BCUT2D eigenvalue weighted by molar-refractivity contribution is 5.50. The Morgan fingerprint density at radius 3 is 2.11 bits per heavy atom. The Labute approximate surface area is 114 Å². The van der Waals surface area contributed by atoms with Gasteiger partial charge < -0.3 is 23.7 Å². The highest BCUT2D eigenvalue weighted by Crippen LogP contribution is 2.36. The predicted molar refractivity (Wildman–Crippen MR) is 72.1 cm³/mol. The molecule has 5 nitrogen and oxygen atoms in total. The largest absolute Gasteiger partial charge is 0.493 e. The maximum absolute atomic E-state index is 5.68. The first-order valence-corrected chi connectivity index (χ1v) is 6.33. The maximum Gasteiger partial charge on any atom is 0.203 e. The average molecular weight is 270 g/mol. The summed E-state index contributed by atoms with van der Waals surface area (Å²) in [6, 6.07) is 5.47. The van der Waals surface area contributed by atoms with Crippen LogP contribution in [-0.4, -0.2) is 40.3 Å². The summed E-state index contributed by atoms with van der Waals surface area (Å²) in [5.41, 5.74) is 0. The molecule has 108 valence electrons. The molecule has 0 unspecified atom stereocenters. The van der Waals surface area contributed by atoms with Gasteiger partial charge in [-0.25, -0.2) is 0 Å². The van der Waals surface area contributed by atoms with Crippen LogP contribution in [0.2, 0.25) is 0 Å². The highest BCUT2D eigenvalue weighted by Gasteiger charge is 2.14. The van der Waals surface area contributed by atoms with E-state index in [0.717, 1.165) is 0 Å². The molecule has 19 heavy (non-hydrogen) atoms. The first-order chi connectivity index (χ1) is 9.26. The van der Waals surface area contributed by atoms with E-state index in [4.69, 9.17) is 23.7 Å². The zero-order valence-corrected chi connectivity index (χ0v) is 12.0. The van der Waals surface area contributed by atoms with E-state index in [1.807, 2.05) is 32.0 Å². The Kier molecular flexibility index (Phi) is 7.07. The standard InChI is InChI=1S/C14H22O5/c1-5-17-13(18-6-2)10-19-12-9-7-8-11(15-3)14(12)16-4/h7-9,13H,5-6,10H2,1-4H3. The van der Waals surface area contributed by atoms with Crippen LogP contribution in [-0.2, 0) is 9.47 Å². The Hall–Kier alpha value is -1.46. The summed E-state index contributed by atoms with van der Waals surface area (Å²) in [6.07, 6.45) is -0.383. The first-order valence-electron chi connectivity index (χ1n) is 6.33. The quantitative estimate of drug-likeness (QED) is 0.645. The van der Waals surface area contributed by atoms with E-state index in [1.165, 1.54) is 0 Å². The molecule has 0 aliphatic heterocycles. The zero-order valence-electron chi connectivity index (χ0n) is 12.0. The SMILES string of the molecule is CCOC(COc1cccc(OC)c1OC)OCC. The van der Waals surface area contributed by atoms with Crippen LogP contribution in [0.1, 0.15) is 13.8 Å². The van der Waals surface area contributed by atoms with Gasteiger partial charge in [-0.1, -0.05) is 6.07 Å². The lowest BCUT2D eigenvalue weighted by Crippen LogP contribution is -2.25. The van der Waals surface area contributed by atoms with E-state index in [9.17, 15) is 0 Å². The Balaban J connectivity index is 2.70. The van der Waals surface area contributed by atoms with Gasteiger partial charge in [0, 0.05) is 13.2 Å². The molecule has 0 aliphatic rings. The molecule has 0 aliphatic carbocycles. The van der Waals surface area contributed by atoms with Crippen molar-refractivity contribution in [3.05, 3.63) is 18.2 Å². The summed E-state index contributed by atoms with van der Waals surface area (Å²) in [5, 5.41) is 0. The number of ether oxygens (including phenoxy) is 5. The third kappa shape index (κ3) is 4.61. The number of para-hydroxylation sites is 1.